The molecule has 81 heteroatoms. The average Bonchev–Trinajstić information content (AvgIpc) is 0.665. The first-order valence-corrected chi connectivity index (χ1v) is 25.8. The smallest absolute Gasteiger partial charge is 0.200 e. The Kier molecular flexibility index (Phi) is 25.9. The molecule has 123 heavy (non-hydrogen) atoms. The van der Waals surface area contributed by atoms with E-state index in [9.17, 15) is 294 Å². The molecule has 0 aromatic heterocycles. The minimum Gasteiger partial charge on any atom is -0.200 e. The summed E-state index contributed by atoms with van der Waals surface area (Å²) in [7, 11) is 0. The molecule has 0 bridgehead atoms. The topological polar surface area (TPSA) is 0 Å². The molecule has 0 atom stereocenters. The Morgan fingerprint density at radius 3 is 0.268 bits per heavy atom. The van der Waals surface area contributed by atoms with Gasteiger partial charge < -0.3 is 0 Å². The van der Waals surface area contributed by atoms with Crippen LogP contribution in [-0.2, 0) is 0 Å². The molecule has 0 aliphatic rings. The van der Waals surface area contributed by atoms with Gasteiger partial charge in [0.25, 0.3) is 5.69 Å². The maximum atomic E-state index is 16.5. The first-order chi connectivity index (χ1) is 51.7. The van der Waals surface area contributed by atoms with Crippen molar-refractivity contribution in [3.05, 3.63) is 29.1 Å². The van der Waals surface area contributed by atoms with E-state index >= 15 is 57.2 Å². The largest absolute Gasteiger partial charge is 0.508 e. The number of halogens is 80. The maximum absolute atomic E-state index is 16.5. The van der Waals surface area contributed by atoms with E-state index in [-0.39, 0.29) is 0 Å². The molecule has 0 aliphatic heterocycles. The van der Waals surface area contributed by atoms with Crippen LogP contribution in [0.2, 0.25) is 0 Å². The Balaban J connectivity index is 4.86. The minimum absolute atomic E-state index is 5.05. The van der Waals surface area contributed by atoms with Crippen molar-refractivity contribution in [3.8, 4) is 0 Å². The second kappa shape index (κ2) is 27.8. The van der Waals surface area contributed by atoms with Crippen LogP contribution in [0.25, 0.3) is 0 Å². The number of quaternary nitrogens is 1. The minimum atomic E-state index is -12.0. The Morgan fingerprint density at radius 1 is 0.106 bits per heavy atom. The van der Waals surface area contributed by atoms with E-state index in [1.165, 1.54) is 0 Å². The van der Waals surface area contributed by atoms with Gasteiger partial charge in [0.1, 0.15) is 0 Å². The van der Waals surface area contributed by atoms with Crippen molar-refractivity contribution in [3.63, 3.8) is 0 Å². The summed E-state index contributed by atoms with van der Waals surface area (Å²) in [6, 6.07) is -24.0. The van der Waals surface area contributed by atoms with Crippen molar-refractivity contribution >= 4 is 5.69 Å². The fourth-order valence-corrected chi connectivity index (χ4v) is 7.96. The number of alkyl halides is 74. The van der Waals surface area contributed by atoms with E-state index in [1.807, 2.05) is 0 Å². The third-order valence-electron chi connectivity index (χ3n) is 15.6. The lowest BCUT2D eigenvalue weighted by molar-refractivity contribution is -0.512. The van der Waals surface area contributed by atoms with E-state index in [0.29, 0.717) is 0 Å². The number of hydrogen-bond acceptors (Lipinski definition) is 0. The predicted molar refractivity (Wildman–Crippen MR) is 209 cm³/mol. The normalized spacial score (nSPS) is 17.3. The van der Waals surface area contributed by atoms with Crippen LogP contribution in [0.4, 0.5) is 357 Å². The summed E-state index contributed by atoms with van der Waals surface area (Å²) < 4.78 is 1130. The van der Waals surface area contributed by atoms with E-state index in [2.05, 4.69) is 0 Å². The molecule has 0 radical (unpaired) electrons. The van der Waals surface area contributed by atoms with Crippen LogP contribution in [-0.4, -0.2) is 214 Å². The maximum Gasteiger partial charge on any atom is 0.508 e. The lowest BCUT2D eigenvalue weighted by atomic mass is 9.82. The number of rotatable bonds is 35. The van der Waals surface area contributed by atoms with Crippen molar-refractivity contribution in [1.29, 1.82) is 0 Å². The van der Waals surface area contributed by atoms with Gasteiger partial charge in [-0.05, 0) is 0 Å². The van der Waals surface area contributed by atoms with Crippen LogP contribution in [0.3, 0.4) is 0 Å². The molecule has 1 rings (SSSR count). The molecule has 1 aromatic carbocycles. The van der Waals surface area contributed by atoms with Crippen molar-refractivity contribution < 1.29 is 351 Å². The summed E-state index contributed by atoms with van der Waals surface area (Å²) in [6.45, 7) is 0. The second-order valence-corrected chi connectivity index (χ2v) is 23.0. The zero-order valence-electron chi connectivity index (χ0n) is 51.7. The number of benzene rings is 1. The fourth-order valence-electron chi connectivity index (χ4n) is 7.96. The molecule has 0 heterocycles. The molecule has 0 aliphatic carbocycles. The van der Waals surface area contributed by atoms with Gasteiger partial charge in [-0.15, -0.1) is 17.6 Å². The van der Waals surface area contributed by atoms with Gasteiger partial charge in [-0.25, -0.2) is 13.2 Å². The molecular weight excluding hydrogens is 2040 g/mol. The summed E-state index contributed by atoms with van der Waals surface area (Å²) in [4.78, 5) is 0. The molecule has 0 N–H and O–H groups in total. The third-order valence-corrected chi connectivity index (χ3v) is 15.6. The highest BCUT2D eigenvalue weighted by molar-refractivity contribution is 5.49. The first kappa shape index (κ1) is 115. The zero-order valence-corrected chi connectivity index (χ0v) is 51.7. The Hall–Kier alpha value is -6.42. The van der Waals surface area contributed by atoms with Crippen LogP contribution in [0.5, 0.6) is 0 Å². The molecule has 0 unspecified atom stereocenters. The fraction of sp³-hybridized carbons (Fsp3) is 0.857. The van der Waals surface area contributed by atoms with Gasteiger partial charge in [-0.1, -0.05) is 0 Å². The molecule has 0 spiro atoms. The quantitative estimate of drug-likeness (QED) is 0.0209. The first-order valence-electron chi connectivity index (χ1n) is 25.8. The van der Waals surface area contributed by atoms with Gasteiger partial charge in [-0.3, -0.25) is 0 Å². The Labute approximate surface area is 606 Å². The third kappa shape index (κ3) is 12.3. The molecule has 0 saturated carbocycles. The summed E-state index contributed by atoms with van der Waals surface area (Å²) in [6.07, 6.45) is -17.7. The van der Waals surface area contributed by atoms with Gasteiger partial charge in [0.05, 0.1) is 0 Å². The lowest BCUT2D eigenvalue weighted by Gasteiger charge is -2.48. The SMILES string of the molecule is Fc1c(F)c(F)c([N+](F)(C(F)(F)C(F)(F)C(F)(F)C(F)(F)C(F)(F)C(F)(F)C(F)(F)C(F)(F)C(F)(F)C(F)(F)C(F)(F)C(F)(F)C(F)(F)C(F)(F)C(F)(F)C(F)(F)C(F)(F)C(F)(F)F)C(F)(F)C(F)(F)C(F)(F)C(F)(F)C(F)(F)C(F)(F)C(F)(F)C(F)(F)C(F)(F)C(F)(F)C(F)(F)C(F)(F)C(F)(F)C(F)(F)C(F)(F)C(F)(F)C(F)(F)C(F)(F)F)c(F)c1F. The summed E-state index contributed by atoms with van der Waals surface area (Å²) in [5, 5.41) is 0. The monoisotopic (exact) mass is 2040 g/mol. The van der Waals surface area contributed by atoms with E-state index in [0.717, 1.165) is 0 Å². The average molecular weight is 2040 g/mol. The van der Waals surface area contributed by atoms with E-state index in [4.69, 9.17) is 0 Å². The molecule has 1 aromatic rings. The summed E-state index contributed by atoms with van der Waals surface area (Å²) in [5.41, 5.74) is -7.20. The van der Waals surface area contributed by atoms with Crippen LogP contribution >= 0.6 is 0 Å². The zero-order chi connectivity index (χ0) is 102. The van der Waals surface area contributed by atoms with Crippen LogP contribution in [0.15, 0.2) is 0 Å². The van der Waals surface area contributed by atoms with Gasteiger partial charge in [0, 0.05) is 9.19 Å². The lowest BCUT2D eigenvalue weighted by Crippen LogP contribution is -2.84. The van der Waals surface area contributed by atoms with E-state index in [1.54, 1.807) is 0 Å². The van der Waals surface area contributed by atoms with Gasteiger partial charge in [-0.2, -0.15) is 316 Å². The number of hydrogen-bond donors (Lipinski definition) is 0. The van der Waals surface area contributed by atoms with Crippen LogP contribution < -0.4 is 4.71 Å². The summed E-state index contributed by atoms with van der Waals surface area (Å²) in [5.74, 6) is -384. The number of nitrogens with zero attached hydrogens (tertiary/aromatic N) is 1. The van der Waals surface area contributed by atoms with Gasteiger partial charge in [0.15, 0.2) is 0 Å². The molecule has 0 fully saturated rings. The second-order valence-electron chi connectivity index (χ2n) is 23.0. The standard InChI is InChI=1S/C42F80N/c43-1-2(44)4(46)6(5(47)3(1)45)123(122,41(118,119)37(108,109)33(100,101)29(92,93)25(84,85)21(76,77)17(68,69)13(60,61)9(52,53)7(48,49)11(56,57)15(64,65)19(72,73)23(80,81)27(88,89)31(96,97)35(104,105)39(112,113)114)42(120,121)38(110,111)34(102,103)30(94,95)26(86,87)22(78,79)18(70,71)14(62,63)10(54,55)8(50,51)12(58,59)16(66,67)20(74,75)24(82,83)28(90,91)32(98,99)36(106,107)40(115,116)117/q+1. The molecule has 0 saturated heterocycles. The predicted octanol–water partition coefficient (Wildman–Crippen LogP) is 26.2. The van der Waals surface area contributed by atoms with Gasteiger partial charge in [0.2, 0.25) is 29.1 Å². The van der Waals surface area contributed by atoms with E-state index < -0.39 is 253 Å². The highest BCUT2D eigenvalue weighted by atomic mass is 19.5. The highest BCUT2D eigenvalue weighted by Gasteiger charge is 3.09. The summed E-state index contributed by atoms with van der Waals surface area (Å²) >= 11 is 0. The molecule has 732 valence electrons. The van der Waals surface area contributed by atoms with Gasteiger partial charge >= 0.3 is 214 Å². The molecular formula is C42F80N+. The van der Waals surface area contributed by atoms with Crippen molar-refractivity contribution in [2.75, 3.05) is 0 Å². The Morgan fingerprint density at radius 2 is 0.179 bits per heavy atom. The van der Waals surface area contributed by atoms with Crippen molar-refractivity contribution in [2.24, 2.45) is 0 Å². The Bertz CT molecular complexity index is 3790. The van der Waals surface area contributed by atoms with Crippen LogP contribution in [0, 0.1) is 29.1 Å². The van der Waals surface area contributed by atoms with Crippen molar-refractivity contribution in [1.82, 2.24) is 4.71 Å². The van der Waals surface area contributed by atoms with Crippen LogP contribution in [0.1, 0.15) is 0 Å². The highest BCUT2D eigenvalue weighted by Crippen LogP contribution is 2.77. The molecule has 1 nitrogen and oxygen atoms in total. The molecule has 0 amide bonds. The van der Waals surface area contributed by atoms with Crippen molar-refractivity contribution in [2.45, 2.75) is 214 Å².